The maximum Gasteiger partial charge on any atom is 0.410 e. The lowest BCUT2D eigenvalue weighted by molar-refractivity contribution is -0.0100. The zero-order valence-electron chi connectivity index (χ0n) is 23.6. The Morgan fingerprint density at radius 1 is 0.947 bits per heavy atom. The van der Waals surface area contributed by atoms with Gasteiger partial charge in [0.2, 0.25) is 0 Å². The van der Waals surface area contributed by atoms with E-state index >= 15 is 0 Å². The molecule has 0 saturated carbocycles. The molecule has 8 heteroatoms. The molecule has 0 aliphatic carbocycles. The topological polar surface area (TPSA) is 75.0 Å². The molecule has 2 fully saturated rings. The lowest BCUT2D eigenvalue weighted by Crippen LogP contribution is -2.71. The first-order chi connectivity index (χ1) is 17.9. The molecule has 2 atom stereocenters. The monoisotopic (exact) mass is 535 g/mol. The Kier molecular flexibility index (Phi) is 8.06. The second-order valence-corrected chi connectivity index (χ2v) is 16.5. The van der Waals surface area contributed by atoms with Crippen LogP contribution in [0.15, 0.2) is 60.7 Å². The van der Waals surface area contributed by atoms with Crippen molar-refractivity contribution in [2.75, 3.05) is 39.4 Å². The van der Waals surface area contributed by atoms with E-state index in [4.69, 9.17) is 13.9 Å². The smallest absolute Gasteiger partial charge is 0.410 e. The summed E-state index contributed by atoms with van der Waals surface area (Å²) in [6, 6.07) is 23.6. The van der Waals surface area contributed by atoms with Gasteiger partial charge in [0.1, 0.15) is 11.7 Å². The molecular formula is C30H41N3O4Si. The van der Waals surface area contributed by atoms with Crippen molar-refractivity contribution in [3.63, 3.8) is 0 Å². The Hall–Kier alpha value is -2.70. The third kappa shape index (κ3) is 5.39. The Balaban J connectivity index is 1.67. The fraction of sp³-hybridized carbons (Fsp3) is 0.533. The van der Waals surface area contributed by atoms with Gasteiger partial charge in [0.05, 0.1) is 19.3 Å². The number of ether oxygens (including phenoxy) is 2. The number of nitriles is 1. The van der Waals surface area contributed by atoms with E-state index in [9.17, 15) is 10.1 Å². The first-order valence-corrected chi connectivity index (χ1v) is 15.3. The maximum absolute atomic E-state index is 12.6. The van der Waals surface area contributed by atoms with Crippen LogP contribution in [0.1, 0.15) is 41.5 Å². The molecule has 2 aromatic carbocycles. The van der Waals surface area contributed by atoms with E-state index in [1.807, 2.05) is 32.9 Å². The predicted octanol–water partition coefficient (Wildman–Crippen LogP) is 3.78. The highest BCUT2D eigenvalue weighted by Crippen LogP contribution is 2.41. The van der Waals surface area contributed by atoms with Crippen LogP contribution in [0.5, 0.6) is 0 Å². The van der Waals surface area contributed by atoms with E-state index in [0.29, 0.717) is 32.8 Å². The molecule has 2 aliphatic heterocycles. The van der Waals surface area contributed by atoms with E-state index in [1.165, 1.54) is 10.4 Å². The van der Waals surface area contributed by atoms with Gasteiger partial charge in [-0.3, -0.25) is 4.90 Å². The average molecular weight is 536 g/mol. The van der Waals surface area contributed by atoms with Gasteiger partial charge in [-0.15, -0.1) is 0 Å². The van der Waals surface area contributed by atoms with Gasteiger partial charge in [-0.25, -0.2) is 4.79 Å². The average Bonchev–Trinajstić information content (AvgIpc) is 3.30. The molecule has 0 N–H and O–H groups in total. The second-order valence-electron chi connectivity index (χ2n) is 12.3. The number of benzene rings is 2. The van der Waals surface area contributed by atoms with E-state index in [1.54, 1.807) is 4.90 Å². The number of hydrogen-bond acceptors (Lipinski definition) is 6. The third-order valence-corrected chi connectivity index (χ3v) is 12.6. The standard InChI is InChI=1S/C30H41N3O4Si/c1-28(2,3)36-27(34)32-17-19-33(20-18-32)30(22-31)23-35-21-26(30)37-38(29(4,5)6,24-13-9-7-10-14-24)25-15-11-8-12-16-25/h7-16,26H,17-21,23H2,1-6H3/t26-,30+/m1/s1. The van der Waals surface area contributed by atoms with Gasteiger partial charge in [0, 0.05) is 26.2 Å². The van der Waals surface area contributed by atoms with Crippen molar-refractivity contribution in [1.82, 2.24) is 9.80 Å². The van der Waals surface area contributed by atoms with Gasteiger partial charge < -0.3 is 18.8 Å². The molecule has 2 aromatic rings. The minimum Gasteiger partial charge on any atom is -0.444 e. The SMILES string of the molecule is CC(C)(C)OC(=O)N1CCN([C@@]2(C#N)COC[C@H]2O[Si](c2ccccc2)(c2ccccc2)C(C)(C)C)CC1. The Labute approximate surface area is 228 Å². The fourth-order valence-electron chi connectivity index (χ4n) is 5.67. The van der Waals surface area contributed by atoms with Crippen LogP contribution in [-0.2, 0) is 13.9 Å². The highest BCUT2D eigenvalue weighted by Gasteiger charge is 2.58. The normalized spacial score (nSPS) is 23.2. The van der Waals surface area contributed by atoms with Crippen LogP contribution in [0, 0.1) is 11.3 Å². The molecule has 2 saturated heterocycles. The Bertz CT molecular complexity index is 1090. The van der Waals surface area contributed by atoms with Crippen molar-refractivity contribution in [1.29, 1.82) is 5.26 Å². The van der Waals surface area contributed by atoms with Gasteiger partial charge in [0.25, 0.3) is 8.32 Å². The van der Waals surface area contributed by atoms with E-state index < -0.39 is 25.6 Å². The minimum absolute atomic E-state index is 0.213. The van der Waals surface area contributed by atoms with Gasteiger partial charge in [-0.1, -0.05) is 81.4 Å². The molecule has 7 nitrogen and oxygen atoms in total. The summed E-state index contributed by atoms with van der Waals surface area (Å²) < 4.78 is 19.0. The summed E-state index contributed by atoms with van der Waals surface area (Å²) >= 11 is 0. The van der Waals surface area contributed by atoms with Crippen molar-refractivity contribution in [3.8, 4) is 6.07 Å². The largest absolute Gasteiger partial charge is 0.444 e. The van der Waals surface area contributed by atoms with Gasteiger partial charge >= 0.3 is 6.09 Å². The molecule has 0 aromatic heterocycles. The summed E-state index contributed by atoms with van der Waals surface area (Å²) in [7, 11) is -2.88. The summed E-state index contributed by atoms with van der Waals surface area (Å²) in [6.07, 6.45) is -0.752. The summed E-state index contributed by atoms with van der Waals surface area (Å²) in [5.74, 6) is 0. The van der Waals surface area contributed by atoms with E-state index in [2.05, 4.69) is 80.3 Å². The van der Waals surface area contributed by atoms with Crippen LogP contribution in [0.4, 0.5) is 4.79 Å². The molecule has 0 radical (unpaired) electrons. The number of rotatable bonds is 5. The van der Waals surface area contributed by atoms with Crippen molar-refractivity contribution < 1.29 is 18.7 Å². The first-order valence-electron chi connectivity index (χ1n) is 13.4. The Morgan fingerprint density at radius 3 is 1.92 bits per heavy atom. The molecule has 204 valence electrons. The summed E-state index contributed by atoms with van der Waals surface area (Å²) in [5.41, 5.74) is -1.48. The molecule has 4 rings (SSSR count). The number of hydrogen-bond donors (Lipinski definition) is 0. The van der Waals surface area contributed by atoms with Crippen molar-refractivity contribution in [3.05, 3.63) is 60.7 Å². The zero-order chi connectivity index (χ0) is 27.6. The molecule has 38 heavy (non-hydrogen) atoms. The minimum atomic E-state index is -2.88. The van der Waals surface area contributed by atoms with Crippen LogP contribution in [0.3, 0.4) is 0 Å². The summed E-state index contributed by atoms with van der Waals surface area (Å²) in [5, 5.41) is 12.8. The number of carbonyl (C=O) groups is 1. The zero-order valence-corrected chi connectivity index (χ0v) is 24.6. The number of piperazine rings is 1. The number of nitrogens with zero attached hydrogens (tertiary/aromatic N) is 3. The van der Waals surface area contributed by atoms with Crippen LogP contribution < -0.4 is 10.4 Å². The maximum atomic E-state index is 12.6. The highest BCUT2D eigenvalue weighted by atomic mass is 28.4. The second kappa shape index (κ2) is 10.8. The van der Waals surface area contributed by atoms with Crippen LogP contribution in [0.2, 0.25) is 5.04 Å². The van der Waals surface area contributed by atoms with Gasteiger partial charge in [-0.05, 0) is 36.2 Å². The van der Waals surface area contributed by atoms with Crippen LogP contribution in [-0.4, -0.2) is 80.8 Å². The first kappa shape index (κ1) is 28.3. The molecule has 2 heterocycles. The van der Waals surface area contributed by atoms with Crippen molar-refractivity contribution >= 4 is 24.8 Å². The lowest BCUT2D eigenvalue weighted by atomic mass is 9.94. The fourth-order valence-corrected chi connectivity index (χ4v) is 10.4. The van der Waals surface area contributed by atoms with Crippen molar-refractivity contribution in [2.24, 2.45) is 0 Å². The van der Waals surface area contributed by atoms with Crippen LogP contribution in [0.25, 0.3) is 0 Å². The molecule has 2 aliphatic rings. The quantitative estimate of drug-likeness (QED) is 0.543. The van der Waals surface area contributed by atoms with Gasteiger partial charge in [-0.2, -0.15) is 5.26 Å². The lowest BCUT2D eigenvalue weighted by Gasteiger charge is -2.49. The van der Waals surface area contributed by atoms with Gasteiger partial charge in [0.15, 0.2) is 5.54 Å². The molecule has 1 amide bonds. The molecule has 0 bridgehead atoms. The third-order valence-electron chi connectivity index (χ3n) is 7.55. The molecular weight excluding hydrogens is 494 g/mol. The van der Waals surface area contributed by atoms with Crippen molar-refractivity contribution in [2.45, 2.75) is 63.8 Å². The predicted molar refractivity (Wildman–Crippen MR) is 151 cm³/mol. The summed E-state index contributed by atoms with van der Waals surface area (Å²) in [6.45, 7) is 15.0. The van der Waals surface area contributed by atoms with E-state index in [-0.39, 0.29) is 17.7 Å². The molecule has 0 unspecified atom stereocenters. The molecule has 0 spiro atoms. The summed E-state index contributed by atoms with van der Waals surface area (Å²) in [4.78, 5) is 16.5. The van der Waals surface area contributed by atoms with Crippen LogP contribution >= 0.6 is 0 Å². The highest BCUT2D eigenvalue weighted by molar-refractivity contribution is 6.99. The van der Waals surface area contributed by atoms with E-state index in [0.717, 1.165) is 0 Å². The number of carbonyl (C=O) groups excluding carboxylic acids is 1. The Morgan fingerprint density at radius 2 is 1.47 bits per heavy atom. The number of amides is 1.